The third-order valence-electron chi connectivity index (χ3n) is 5.22. The van der Waals surface area contributed by atoms with Crippen molar-refractivity contribution >= 4 is 22.6 Å². The van der Waals surface area contributed by atoms with E-state index in [4.69, 9.17) is 4.74 Å². The van der Waals surface area contributed by atoms with Crippen LogP contribution in [0.2, 0.25) is 0 Å². The minimum absolute atomic E-state index is 0.0986. The third kappa shape index (κ3) is 4.74. The number of fused-ring (bicyclic) bond motifs is 1. The van der Waals surface area contributed by atoms with Gasteiger partial charge in [0.05, 0.1) is 11.8 Å². The van der Waals surface area contributed by atoms with Gasteiger partial charge < -0.3 is 10.1 Å². The molecule has 1 amide bonds. The molecule has 31 heavy (non-hydrogen) atoms. The summed E-state index contributed by atoms with van der Waals surface area (Å²) >= 11 is 0. The Labute approximate surface area is 181 Å². The summed E-state index contributed by atoms with van der Waals surface area (Å²) in [6, 6.07) is 20.9. The first-order chi connectivity index (χ1) is 15.1. The average Bonchev–Trinajstić information content (AvgIpc) is 3.22. The molecule has 0 saturated carbocycles. The van der Waals surface area contributed by atoms with Crippen molar-refractivity contribution < 1.29 is 9.53 Å². The van der Waals surface area contributed by atoms with Gasteiger partial charge in [0.25, 0.3) is 5.91 Å². The Morgan fingerprint density at radius 3 is 2.52 bits per heavy atom. The normalized spacial score (nSPS) is 12.0. The van der Waals surface area contributed by atoms with E-state index in [-0.39, 0.29) is 12.0 Å². The molecule has 0 aliphatic carbocycles. The molecular formula is C25H26N4O2. The molecule has 1 atom stereocenters. The van der Waals surface area contributed by atoms with Gasteiger partial charge in [-0.05, 0) is 73.9 Å². The molecule has 6 nitrogen and oxygen atoms in total. The van der Waals surface area contributed by atoms with Crippen LogP contribution in [0.15, 0.2) is 66.7 Å². The fraction of sp³-hybridized carbons (Fsp3) is 0.240. The van der Waals surface area contributed by atoms with Crippen LogP contribution in [0.3, 0.4) is 0 Å². The summed E-state index contributed by atoms with van der Waals surface area (Å²) in [4.78, 5) is 14.4. The maximum atomic E-state index is 12.7. The molecule has 6 heteroatoms. The molecule has 1 aromatic heterocycles. The molecule has 0 aliphatic heterocycles. The minimum atomic E-state index is -0.198. The summed E-state index contributed by atoms with van der Waals surface area (Å²) in [6.07, 6.45) is 1.99. The Kier molecular flexibility index (Phi) is 5.98. The lowest BCUT2D eigenvalue weighted by Crippen LogP contribution is -2.13. The molecule has 4 aromatic rings. The number of carbonyl (C=O) groups is 1. The van der Waals surface area contributed by atoms with Crippen LogP contribution in [-0.4, -0.2) is 27.0 Å². The van der Waals surface area contributed by atoms with Crippen LogP contribution in [0.5, 0.6) is 5.75 Å². The van der Waals surface area contributed by atoms with Crippen molar-refractivity contribution in [2.24, 2.45) is 0 Å². The lowest BCUT2D eigenvalue weighted by Gasteiger charge is -2.13. The van der Waals surface area contributed by atoms with Crippen LogP contribution in [0.1, 0.15) is 43.1 Å². The third-order valence-corrected chi connectivity index (χ3v) is 5.22. The summed E-state index contributed by atoms with van der Waals surface area (Å²) in [6.45, 7) is 6.20. The number of amides is 1. The molecule has 1 N–H and O–H groups in total. The van der Waals surface area contributed by atoms with Crippen molar-refractivity contribution in [1.82, 2.24) is 15.0 Å². The zero-order valence-corrected chi connectivity index (χ0v) is 18.0. The maximum absolute atomic E-state index is 12.7. The van der Waals surface area contributed by atoms with Gasteiger partial charge in [-0.2, -0.15) is 4.80 Å². The van der Waals surface area contributed by atoms with Gasteiger partial charge >= 0.3 is 0 Å². The van der Waals surface area contributed by atoms with Gasteiger partial charge in [-0.25, -0.2) is 0 Å². The molecule has 3 aromatic carbocycles. The van der Waals surface area contributed by atoms with Gasteiger partial charge in [0.15, 0.2) is 0 Å². The van der Waals surface area contributed by atoms with E-state index in [1.54, 1.807) is 16.9 Å². The summed E-state index contributed by atoms with van der Waals surface area (Å²) in [5, 5.41) is 12.0. The molecule has 0 aliphatic rings. The SMILES string of the molecule is CCc1ccc(-n2nc3ccc(NC(=O)c4cccc(OC(C)CC)c4)cc3n2)cc1. The Bertz CT molecular complexity index is 1200. The zero-order chi connectivity index (χ0) is 21.8. The van der Waals surface area contributed by atoms with Crippen LogP contribution in [0.25, 0.3) is 16.7 Å². The number of nitrogens with zero attached hydrogens (tertiary/aromatic N) is 3. The Morgan fingerprint density at radius 2 is 1.77 bits per heavy atom. The van der Waals surface area contributed by atoms with Crippen molar-refractivity contribution in [3.05, 3.63) is 77.9 Å². The predicted molar refractivity (Wildman–Crippen MR) is 123 cm³/mol. The summed E-state index contributed by atoms with van der Waals surface area (Å²) in [5.74, 6) is 0.492. The number of hydrogen-bond donors (Lipinski definition) is 1. The average molecular weight is 415 g/mol. The van der Waals surface area contributed by atoms with Crippen molar-refractivity contribution in [3.63, 3.8) is 0 Å². The van der Waals surface area contributed by atoms with Crippen molar-refractivity contribution in [3.8, 4) is 11.4 Å². The van der Waals surface area contributed by atoms with Gasteiger partial charge in [-0.15, -0.1) is 10.2 Å². The number of anilines is 1. The van der Waals surface area contributed by atoms with Gasteiger partial charge in [0.1, 0.15) is 16.8 Å². The van der Waals surface area contributed by atoms with Crippen molar-refractivity contribution in [2.75, 3.05) is 5.32 Å². The van der Waals surface area contributed by atoms with Crippen molar-refractivity contribution in [1.29, 1.82) is 0 Å². The van der Waals surface area contributed by atoms with E-state index in [0.717, 1.165) is 24.0 Å². The molecule has 0 fully saturated rings. The standard InChI is InChI=1S/C25H26N4O2/c1-4-17(3)31-22-8-6-7-19(15-22)25(30)26-20-11-14-23-24(16-20)28-29(27-23)21-12-9-18(5-2)10-13-21/h6-17H,4-5H2,1-3H3,(H,26,30). The van der Waals surface area contributed by atoms with E-state index >= 15 is 0 Å². The largest absolute Gasteiger partial charge is 0.491 e. The summed E-state index contributed by atoms with van der Waals surface area (Å²) < 4.78 is 5.82. The predicted octanol–water partition coefficient (Wildman–Crippen LogP) is 5.41. The summed E-state index contributed by atoms with van der Waals surface area (Å²) in [5.41, 5.74) is 4.86. The van der Waals surface area contributed by atoms with Crippen LogP contribution >= 0.6 is 0 Å². The maximum Gasteiger partial charge on any atom is 0.255 e. The van der Waals surface area contributed by atoms with Crippen molar-refractivity contribution in [2.45, 2.75) is 39.7 Å². The van der Waals surface area contributed by atoms with Crippen LogP contribution in [0.4, 0.5) is 5.69 Å². The van der Waals surface area contributed by atoms with E-state index < -0.39 is 0 Å². The van der Waals surface area contributed by atoms with E-state index in [2.05, 4.69) is 41.5 Å². The summed E-state index contributed by atoms with van der Waals surface area (Å²) in [7, 11) is 0. The van der Waals surface area contributed by atoms with Crippen LogP contribution < -0.4 is 10.1 Å². The number of rotatable bonds is 7. The van der Waals surface area contributed by atoms with Gasteiger partial charge in [0.2, 0.25) is 0 Å². The molecule has 1 heterocycles. The number of aromatic nitrogens is 3. The first kappa shape index (κ1) is 20.6. The second kappa shape index (κ2) is 9.00. The zero-order valence-electron chi connectivity index (χ0n) is 18.0. The van der Waals surface area contributed by atoms with Gasteiger partial charge in [-0.3, -0.25) is 4.79 Å². The Hall–Kier alpha value is -3.67. The molecule has 0 bridgehead atoms. The first-order valence-electron chi connectivity index (χ1n) is 10.6. The molecular weight excluding hydrogens is 388 g/mol. The van der Waals surface area contributed by atoms with Gasteiger partial charge in [-0.1, -0.05) is 32.0 Å². The number of carbonyl (C=O) groups excluding carboxylic acids is 1. The fourth-order valence-corrected chi connectivity index (χ4v) is 3.20. The molecule has 0 spiro atoms. The molecule has 1 unspecified atom stereocenters. The Balaban J connectivity index is 1.52. The lowest BCUT2D eigenvalue weighted by atomic mass is 10.2. The molecule has 0 saturated heterocycles. The Morgan fingerprint density at radius 1 is 1.00 bits per heavy atom. The van der Waals surface area contributed by atoms with E-state index in [1.807, 2.05) is 49.4 Å². The smallest absolute Gasteiger partial charge is 0.255 e. The van der Waals surface area contributed by atoms with Crippen LogP contribution in [0, 0.1) is 0 Å². The molecule has 4 rings (SSSR count). The fourth-order valence-electron chi connectivity index (χ4n) is 3.20. The number of nitrogens with one attached hydrogen (secondary N) is 1. The minimum Gasteiger partial charge on any atom is -0.491 e. The quantitative estimate of drug-likeness (QED) is 0.439. The molecule has 158 valence electrons. The second-order valence-electron chi connectivity index (χ2n) is 7.53. The lowest BCUT2D eigenvalue weighted by molar-refractivity contribution is 0.102. The van der Waals surface area contributed by atoms with Gasteiger partial charge in [0, 0.05) is 11.3 Å². The monoisotopic (exact) mass is 414 g/mol. The highest BCUT2D eigenvalue weighted by atomic mass is 16.5. The second-order valence-corrected chi connectivity index (χ2v) is 7.53. The van der Waals surface area contributed by atoms with E-state index in [9.17, 15) is 4.79 Å². The van der Waals surface area contributed by atoms with E-state index in [0.29, 0.717) is 22.5 Å². The molecule has 0 radical (unpaired) electrons. The highest BCUT2D eigenvalue weighted by molar-refractivity contribution is 6.05. The first-order valence-corrected chi connectivity index (χ1v) is 10.6. The highest BCUT2D eigenvalue weighted by Crippen LogP contribution is 2.20. The van der Waals surface area contributed by atoms with Crippen LogP contribution in [-0.2, 0) is 6.42 Å². The number of benzene rings is 3. The number of aryl methyl sites for hydroxylation is 1. The topological polar surface area (TPSA) is 69.0 Å². The van der Waals surface area contributed by atoms with E-state index in [1.165, 1.54) is 5.56 Å². The number of hydrogen-bond acceptors (Lipinski definition) is 4. The highest BCUT2D eigenvalue weighted by Gasteiger charge is 2.11. The number of ether oxygens (including phenoxy) is 1.